The molecule has 2 aromatic rings. The van der Waals surface area contributed by atoms with E-state index in [1.165, 1.54) is 6.92 Å². The van der Waals surface area contributed by atoms with Crippen molar-refractivity contribution in [3.8, 4) is 5.75 Å². The molecule has 0 aliphatic rings. The van der Waals surface area contributed by atoms with Crippen LogP contribution >= 0.6 is 0 Å². The normalized spacial score (nSPS) is 8.86. The van der Waals surface area contributed by atoms with Crippen molar-refractivity contribution in [3.05, 3.63) is 66.1 Å². The summed E-state index contributed by atoms with van der Waals surface area (Å²) in [6, 6.07) is 10.1. The molecule has 0 saturated carbocycles. The molecule has 0 aliphatic carbocycles. The second-order valence-electron chi connectivity index (χ2n) is 4.19. The number of carboxylic acids is 1. The number of furan rings is 1. The van der Waals surface area contributed by atoms with Crippen molar-refractivity contribution in [1.82, 2.24) is 0 Å². The van der Waals surface area contributed by atoms with E-state index < -0.39 is 5.97 Å². The van der Waals surface area contributed by atoms with Crippen molar-refractivity contribution in [3.63, 3.8) is 0 Å². The van der Waals surface area contributed by atoms with Gasteiger partial charge in [-0.2, -0.15) is 0 Å². The zero-order chi connectivity index (χ0) is 17.0. The van der Waals surface area contributed by atoms with Crippen molar-refractivity contribution in [2.24, 2.45) is 5.73 Å². The Morgan fingerprint density at radius 1 is 1.27 bits per heavy atom. The minimum atomic E-state index is -0.935. The maximum absolute atomic E-state index is 9.60. The average molecular weight is 307 g/mol. The van der Waals surface area contributed by atoms with Crippen LogP contribution in [0.1, 0.15) is 18.2 Å². The van der Waals surface area contributed by atoms with Gasteiger partial charge in [0, 0.05) is 5.57 Å². The highest BCUT2D eigenvalue weighted by Crippen LogP contribution is 2.08. The number of nitrogens with two attached hydrogens (primary N) is 1. The number of aliphatic hydroxyl groups excluding tert-OH is 1. The molecule has 1 heterocycles. The molecule has 0 unspecified atom stereocenters. The van der Waals surface area contributed by atoms with Crippen molar-refractivity contribution >= 4 is 5.97 Å². The van der Waals surface area contributed by atoms with Crippen molar-refractivity contribution in [2.45, 2.75) is 20.1 Å². The molecule has 0 spiro atoms. The molecule has 0 saturated heterocycles. The van der Waals surface area contributed by atoms with Crippen LogP contribution in [0.15, 0.2) is 59.2 Å². The van der Waals surface area contributed by atoms with E-state index in [2.05, 4.69) is 6.58 Å². The lowest BCUT2D eigenvalue weighted by Crippen LogP contribution is -1.92. The van der Waals surface area contributed by atoms with E-state index in [9.17, 15) is 4.79 Å². The fourth-order valence-corrected chi connectivity index (χ4v) is 1.03. The third-order valence-corrected chi connectivity index (χ3v) is 2.27. The number of carbonyl (C=O) groups is 1. The lowest BCUT2D eigenvalue weighted by atomic mass is 10.2. The molecule has 0 atom stereocenters. The molecule has 0 bridgehead atoms. The zero-order valence-electron chi connectivity index (χ0n) is 12.4. The lowest BCUT2D eigenvalue weighted by molar-refractivity contribution is -0.132. The molecule has 1 aromatic heterocycles. The van der Waals surface area contributed by atoms with Crippen LogP contribution in [-0.4, -0.2) is 21.3 Å². The summed E-state index contributed by atoms with van der Waals surface area (Å²) in [5, 5.41) is 25.2. The van der Waals surface area contributed by atoms with Gasteiger partial charge in [0.15, 0.2) is 0 Å². The summed E-state index contributed by atoms with van der Waals surface area (Å²) in [6.07, 6.45) is 1.61. The Bertz CT molecular complexity index is 534. The van der Waals surface area contributed by atoms with E-state index in [1.807, 2.05) is 12.1 Å². The topological polar surface area (TPSA) is 117 Å². The van der Waals surface area contributed by atoms with E-state index >= 15 is 0 Å². The van der Waals surface area contributed by atoms with Gasteiger partial charge >= 0.3 is 5.97 Å². The van der Waals surface area contributed by atoms with Crippen LogP contribution < -0.4 is 5.73 Å². The van der Waals surface area contributed by atoms with Gasteiger partial charge in [0.1, 0.15) is 11.5 Å². The number of aromatic hydroxyl groups is 1. The molecule has 120 valence electrons. The van der Waals surface area contributed by atoms with Gasteiger partial charge in [0.25, 0.3) is 0 Å². The third-order valence-electron chi connectivity index (χ3n) is 2.27. The van der Waals surface area contributed by atoms with Gasteiger partial charge in [-0.05, 0) is 36.8 Å². The smallest absolute Gasteiger partial charge is 0.330 e. The monoisotopic (exact) mass is 307 g/mol. The Kier molecular flexibility index (Phi) is 9.83. The van der Waals surface area contributed by atoms with Gasteiger partial charge in [-0.25, -0.2) is 4.79 Å². The van der Waals surface area contributed by atoms with E-state index in [0.29, 0.717) is 6.54 Å². The number of aliphatic hydroxyl groups is 1. The van der Waals surface area contributed by atoms with Gasteiger partial charge in [-0.15, -0.1) is 0 Å². The average Bonchev–Trinajstić information content (AvgIpc) is 3.03. The summed E-state index contributed by atoms with van der Waals surface area (Å²) >= 11 is 0. The third kappa shape index (κ3) is 9.35. The molecular formula is C16H21NO5. The van der Waals surface area contributed by atoms with Crippen molar-refractivity contribution < 1.29 is 24.5 Å². The summed E-state index contributed by atoms with van der Waals surface area (Å²) in [4.78, 5) is 9.60. The van der Waals surface area contributed by atoms with Gasteiger partial charge < -0.3 is 25.5 Å². The van der Waals surface area contributed by atoms with E-state index in [-0.39, 0.29) is 17.9 Å². The summed E-state index contributed by atoms with van der Waals surface area (Å²) in [5.41, 5.74) is 6.19. The number of carboxylic acid groups (broad SMARTS) is 1. The predicted octanol–water partition coefficient (Wildman–Crippen LogP) is 2.27. The van der Waals surface area contributed by atoms with Gasteiger partial charge in [0.2, 0.25) is 0 Å². The first-order valence-electron chi connectivity index (χ1n) is 6.40. The number of phenols is 1. The molecule has 0 amide bonds. The summed E-state index contributed by atoms with van der Waals surface area (Å²) < 4.78 is 4.86. The zero-order valence-corrected chi connectivity index (χ0v) is 12.4. The van der Waals surface area contributed by atoms with Crippen LogP contribution in [0.5, 0.6) is 5.75 Å². The quantitative estimate of drug-likeness (QED) is 0.646. The number of aliphatic carboxylic acids is 1. The molecule has 5 N–H and O–H groups in total. The van der Waals surface area contributed by atoms with E-state index in [0.717, 1.165) is 11.3 Å². The van der Waals surface area contributed by atoms with Crippen LogP contribution in [0.25, 0.3) is 0 Å². The fourth-order valence-electron chi connectivity index (χ4n) is 1.03. The van der Waals surface area contributed by atoms with Crippen LogP contribution in [0.3, 0.4) is 0 Å². The first-order chi connectivity index (χ1) is 10.4. The number of phenolic OH excluding ortho intramolecular Hbond substituents is 1. The minimum Gasteiger partial charge on any atom is -0.508 e. The number of hydrogen-bond acceptors (Lipinski definition) is 5. The standard InChI is InChI=1S/C7H8O2.C5H7NO.C4H6O2/c8-5-6-1-3-7(9)4-2-6;6-4-5-2-1-3-7-5;1-3(2)4(5)6/h1-4,8-9H,5H2;1-3H,4,6H2;1H2,2H3,(H,5,6). The minimum absolute atomic E-state index is 0.0281. The Balaban J connectivity index is 0.000000309. The molecule has 0 fully saturated rings. The molecule has 2 rings (SSSR count). The van der Waals surface area contributed by atoms with Gasteiger partial charge in [-0.1, -0.05) is 18.7 Å². The van der Waals surface area contributed by atoms with Gasteiger partial charge in [-0.3, -0.25) is 0 Å². The van der Waals surface area contributed by atoms with Crippen LogP contribution in [0.2, 0.25) is 0 Å². The highest BCUT2D eigenvalue weighted by Gasteiger charge is 1.90. The number of hydrogen-bond donors (Lipinski definition) is 4. The Hall–Kier alpha value is -2.57. The largest absolute Gasteiger partial charge is 0.508 e. The van der Waals surface area contributed by atoms with Crippen LogP contribution in [0.4, 0.5) is 0 Å². The van der Waals surface area contributed by atoms with Crippen molar-refractivity contribution in [1.29, 1.82) is 0 Å². The first kappa shape index (κ1) is 19.4. The number of rotatable bonds is 3. The van der Waals surface area contributed by atoms with E-state index in [4.69, 9.17) is 25.5 Å². The maximum atomic E-state index is 9.60. The molecule has 6 nitrogen and oxygen atoms in total. The second kappa shape index (κ2) is 11.1. The fraction of sp³-hybridized carbons (Fsp3) is 0.188. The second-order valence-corrected chi connectivity index (χ2v) is 4.19. The highest BCUT2D eigenvalue weighted by molar-refractivity contribution is 5.84. The molecule has 22 heavy (non-hydrogen) atoms. The Morgan fingerprint density at radius 2 is 1.82 bits per heavy atom. The van der Waals surface area contributed by atoms with Crippen LogP contribution in [0, 0.1) is 0 Å². The summed E-state index contributed by atoms with van der Waals surface area (Å²) in [6.45, 7) is 5.12. The molecule has 0 radical (unpaired) electrons. The molecule has 0 aliphatic heterocycles. The lowest BCUT2D eigenvalue weighted by Gasteiger charge is -1.93. The summed E-state index contributed by atoms with van der Waals surface area (Å²) in [5.74, 6) is 0.127. The SMILES string of the molecule is C=C(C)C(=O)O.NCc1ccco1.OCc1ccc(O)cc1. The Labute approximate surface area is 129 Å². The summed E-state index contributed by atoms with van der Waals surface area (Å²) in [7, 11) is 0. The highest BCUT2D eigenvalue weighted by atomic mass is 16.4. The molecular weight excluding hydrogens is 286 g/mol. The van der Waals surface area contributed by atoms with E-state index in [1.54, 1.807) is 30.5 Å². The number of benzene rings is 1. The molecule has 6 heteroatoms. The molecule has 1 aromatic carbocycles. The Morgan fingerprint density at radius 3 is 2.09 bits per heavy atom. The maximum Gasteiger partial charge on any atom is 0.330 e. The predicted molar refractivity (Wildman–Crippen MR) is 83.1 cm³/mol. The van der Waals surface area contributed by atoms with Gasteiger partial charge in [0.05, 0.1) is 19.4 Å². The van der Waals surface area contributed by atoms with Crippen LogP contribution in [-0.2, 0) is 17.9 Å². The van der Waals surface area contributed by atoms with Crippen molar-refractivity contribution in [2.75, 3.05) is 0 Å². The first-order valence-corrected chi connectivity index (χ1v) is 6.40.